The number of carbonyl (C=O) groups is 1. The number of hydrogen-bond donors (Lipinski definition) is 1. The van der Waals surface area contributed by atoms with Crippen LogP contribution in [-0.4, -0.2) is 63.1 Å². The maximum atomic E-state index is 12.8. The van der Waals surface area contributed by atoms with Crippen molar-refractivity contribution in [3.8, 4) is 5.75 Å². The molecule has 0 saturated carbocycles. The van der Waals surface area contributed by atoms with Crippen LogP contribution in [0.3, 0.4) is 0 Å². The van der Waals surface area contributed by atoms with E-state index < -0.39 is 27.4 Å². The fourth-order valence-corrected chi connectivity index (χ4v) is 4.82. The molecule has 3 rings (SSSR count). The second-order valence-corrected chi connectivity index (χ2v) is 9.53. The maximum Gasteiger partial charge on any atom is 0.337 e. The molecule has 2 aromatic carbocycles. The molecule has 0 aromatic heterocycles. The van der Waals surface area contributed by atoms with Gasteiger partial charge in [0.1, 0.15) is 11.9 Å². The monoisotopic (exact) mass is 461 g/mol. The average Bonchev–Trinajstić information content (AvgIpc) is 3.16. The lowest BCUT2D eigenvalue weighted by Gasteiger charge is -2.26. The first-order valence-electron chi connectivity index (χ1n) is 10.3. The van der Waals surface area contributed by atoms with Crippen LogP contribution >= 0.6 is 0 Å². The van der Waals surface area contributed by atoms with Crippen molar-refractivity contribution in [3.05, 3.63) is 60.2 Å². The zero-order valence-corrected chi connectivity index (χ0v) is 18.9. The summed E-state index contributed by atoms with van der Waals surface area (Å²) in [6.45, 7) is 2.12. The third kappa shape index (κ3) is 5.11. The number of hydrogen-bond acceptors (Lipinski definition) is 8. The van der Waals surface area contributed by atoms with Gasteiger partial charge in [0.2, 0.25) is 5.90 Å². The standard InChI is InChI=1S/C23H27NO7S/c1-17-23(22(26)29-2,13-16-32(27,28)20-7-4-3-5-8-20)24-21(31-17)18-9-11-19(12-10-18)30-15-6-14-25/h3-5,7-12,17,25H,6,13-16H2,1-2H3/t17-,23-/m1/s1. The minimum absolute atomic E-state index is 0.0518. The topological polar surface area (TPSA) is 111 Å². The summed E-state index contributed by atoms with van der Waals surface area (Å²) < 4.78 is 41.9. The highest BCUT2D eigenvalue weighted by Gasteiger charge is 2.51. The number of benzene rings is 2. The largest absolute Gasteiger partial charge is 0.494 e. The fraction of sp³-hybridized carbons (Fsp3) is 0.391. The Balaban J connectivity index is 1.83. The molecule has 9 heteroatoms. The Kier molecular flexibility index (Phi) is 7.52. The lowest BCUT2D eigenvalue weighted by Crippen LogP contribution is -2.46. The minimum atomic E-state index is -3.62. The quantitative estimate of drug-likeness (QED) is 0.427. The first-order chi connectivity index (χ1) is 15.3. The summed E-state index contributed by atoms with van der Waals surface area (Å²) in [4.78, 5) is 17.4. The van der Waals surface area contributed by atoms with Crippen LogP contribution in [0.1, 0.15) is 25.3 Å². The Morgan fingerprint density at radius 3 is 2.47 bits per heavy atom. The summed E-state index contributed by atoms with van der Waals surface area (Å²) in [6.07, 6.45) is -0.261. The highest BCUT2D eigenvalue weighted by Crippen LogP contribution is 2.34. The van der Waals surface area contributed by atoms with Crippen molar-refractivity contribution < 1.29 is 32.5 Å². The van der Waals surface area contributed by atoms with Crippen molar-refractivity contribution in [2.24, 2.45) is 4.99 Å². The van der Waals surface area contributed by atoms with Crippen molar-refractivity contribution in [3.63, 3.8) is 0 Å². The molecule has 1 heterocycles. The van der Waals surface area contributed by atoms with Crippen molar-refractivity contribution in [1.29, 1.82) is 0 Å². The predicted molar refractivity (Wildman–Crippen MR) is 119 cm³/mol. The summed E-state index contributed by atoms with van der Waals surface area (Å²) in [5, 5.41) is 8.84. The zero-order chi connectivity index (χ0) is 23.2. The molecule has 8 nitrogen and oxygen atoms in total. The number of rotatable bonds is 10. The molecular weight excluding hydrogens is 434 g/mol. The number of ether oxygens (including phenoxy) is 3. The van der Waals surface area contributed by atoms with Gasteiger partial charge in [-0.1, -0.05) is 18.2 Å². The number of aliphatic imine (C=N–C) groups is 1. The second-order valence-electron chi connectivity index (χ2n) is 7.42. The van der Waals surface area contributed by atoms with Gasteiger partial charge in [0, 0.05) is 25.0 Å². The van der Waals surface area contributed by atoms with Crippen LogP contribution in [0.2, 0.25) is 0 Å². The Morgan fingerprint density at radius 1 is 1.16 bits per heavy atom. The molecule has 2 aromatic rings. The van der Waals surface area contributed by atoms with E-state index >= 15 is 0 Å². The van der Waals surface area contributed by atoms with Crippen LogP contribution in [0.15, 0.2) is 64.5 Å². The van der Waals surface area contributed by atoms with E-state index in [-0.39, 0.29) is 29.6 Å². The highest BCUT2D eigenvalue weighted by molar-refractivity contribution is 7.91. The molecule has 0 fully saturated rings. The summed E-state index contributed by atoms with van der Waals surface area (Å²) in [5.74, 6) is -0.0648. The predicted octanol–water partition coefficient (Wildman–Crippen LogP) is 2.39. The maximum absolute atomic E-state index is 12.8. The summed E-state index contributed by atoms with van der Waals surface area (Å²) >= 11 is 0. The first kappa shape index (κ1) is 23.7. The van der Waals surface area contributed by atoms with E-state index in [1.165, 1.54) is 19.2 Å². The normalized spacial score (nSPS) is 20.3. The number of carbonyl (C=O) groups excluding carboxylic acids is 1. The molecule has 0 spiro atoms. The minimum Gasteiger partial charge on any atom is -0.494 e. The van der Waals surface area contributed by atoms with Gasteiger partial charge in [-0.15, -0.1) is 0 Å². The van der Waals surface area contributed by atoms with Gasteiger partial charge >= 0.3 is 5.97 Å². The Morgan fingerprint density at radius 2 is 1.84 bits per heavy atom. The summed E-state index contributed by atoms with van der Waals surface area (Å²) in [5.41, 5.74) is -0.842. The van der Waals surface area contributed by atoms with Gasteiger partial charge < -0.3 is 19.3 Å². The molecule has 32 heavy (non-hydrogen) atoms. The first-order valence-corrected chi connectivity index (χ1v) is 11.9. The van der Waals surface area contributed by atoms with Gasteiger partial charge in [0.05, 0.1) is 24.4 Å². The van der Waals surface area contributed by atoms with Gasteiger partial charge in [-0.25, -0.2) is 18.2 Å². The number of methoxy groups -OCH3 is 1. The van der Waals surface area contributed by atoms with Crippen LogP contribution < -0.4 is 4.74 Å². The van der Waals surface area contributed by atoms with Crippen molar-refractivity contribution in [1.82, 2.24) is 0 Å². The molecule has 0 unspecified atom stereocenters. The number of aliphatic hydroxyl groups excluding tert-OH is 1. The third-order valence-corrected chi connectivity index (χ3v) is 7.06. The third-order valence-electron chi connectivity index (χ3n) is 5.33. The molecule has 0 saturated heterocycles. The van der Waals surface area contributed by atoms with Crippen LogP contribution in [0, 0.1) is 0 Å². The molecular formula is C23H27NO7S. The lowest BCUT2D eigenvalue weighted by molar-refractivity contribution is -0.149. The molecule has 0 amide bonds. The van der Waals surface area contributed by atoms with Crippen LogP contribution in [0.4, 0.5) is 0 Å². The number of nitrogens with zero attached hydrogens (tertiary/aromatic N) is 1. The van der Waals surface area contributed by atoms with Crippen molar-refractivity contribution in [2.75, 3.05) is 26.1 Å². The molecule has 1 N–H and O–H groups in total. The van der Waals surface area contributed by atoms with E-state index in [0.717, 1.165) is 0 Å². The fourth-order valence-electron chi connectivity index (χ4n) is 3.43. The molecule has 172 valence electrons. The summed E-state index contributed by atoms with van der Waals surface area (Å²) in [6, 6.07) is 15.0. The molecule has 0 radical (unpaired) electrons. The number of aliphatic hydroxyl groups is 1. The van der Waals surface area contributed by atoms with Crippen molar-refractivity contribution in [2.45, 2.75) is 36.3 Å². The molecule has 2 atom stereocenters. The van der Waals surface area contributed by atoms with E-state index in [1.54, 1.807) is 49.4 Å². The Bertz CT molecular complexity index is 1050. The molecule has 0 aliphatic carbocycles. The van der Waals surface area contributed by atoms with Gasteiger partial charge in [0.15, 0.2) is 15.4 Å². The molecule has 1 aliphatic heterocycles. The smallest absolute Gasteiger partial charge is 0.337 e. The van der Waals surface area contributed by atoms with E-state index in [1.807, 2.05) is 0 Å². The van der Waals surface area contributed by atoms with E-state index in [2.05, 4.69) is 4.99 Å². The van der Waals surface area contributed by atoms with E-state index in [4.69, 9.17) is 19.3 Å². The van der Waals surface area contributed by atoms with Crippen LogP contribution in [0.25, 0.3) is 0 Å². The van der Waals surface area contributed by atoms with Gasteiger partial charge in [-0.05, 0) is 43.3 Å². The van der Waals surface area contributed by atoms with Gasteiger partial charge in [-0.3, -0.25) is 0 Å². The molecule has 0 bridgehead atoms. The summed E-state index contributed by atoms with van der Waals surface area (Å²) in [7, 11) is -2.37. The second kappa shape index (κ2) is 10.1. The van der Waals surface area contributed by atoms with Gasteiger partial charge in [0.25, 0.3) is 0 Å². The van der Waals surface area contributed by atoms with Crippen LogP contribution in [-0.2, 0) is 24.1 Å². The SMILES string of the molecule is COC(=O)[C@]1(CCS(=O)(=O)c2ccccc2)N=C(c2ccc(OCCCO)cc2)O[C@@H]1C. The number of sulfone groups is 1. The zero-order valence-electron chi connectivity index (χ0n) is 18.1. The van der Waals surface area contributed by atoms with Gasteiger partial charge in [-0.2, -0.15) is 0 Å². The Hall–Kier alpha value is -2.91. The average molecular weight is 462 g/mol. The van der Waals surface area contributed by atoms with Crippen molar-refractivity contribution >= 4 is 21.7 Å². The van der Waals surface area contributed by atoms with E-state index in [9.17, 15) is 13.2 Å². The lowest BCUT2D eigenvalue weighted by atomic mass is 9.91. The van der Waals surface area contributed by atoms with Crippen LogP contribution in [0.5, 0.6) is 5.75 Å². The Labute approximate surface area is 187 Å². The highest BCUT2D eigenvalue weighted by atomic mass is 32.2. The molecule has 1 aliphatic rings. The van der Waals surface area contributed by atoms with E-state index in [0.29, 0.717) is 24.3 Å². The number of esters is 1.